The van der Waals surface area contributed by atoms with Gasteiger partial charge in [-0.1, -0.05) is 6.07 Å². The molecule has 2 aromatic rings. The number of hydrogen-bond acceptors (Lipinski definition) is 8. The van der Waals surface area contributed by atoms with Crippen LogP contribution in [0.5, 0.6) is 0 Å². The number of piperazine rings is 1. The van der Waals surface area contributed by atoms with Crippen LogP contribution in [0, 0.1) is 0 Å². The molecule has 2 aliphatic heterocycles. The van der Waals surface area contributed by atoms with Crippen LogP contribution in [-0.2, 0) is 17.8 Å². The molecule has 0 aromatic carbocycles. The van der Waals surface area contributed by atoms with E-state index in [1.165, 1.54) is 0 Å². The van der Waals surface area contributed by atoms with Gasteiger partial charge >= 0.3 is 0 Å². The summed E-state index contributed by atoms with van der Waals surface area (Å²) in [5.74, 6) is 2.45. The van der Waals surface area contributed by atoms with Gasteiger partial charge in [0.25, 0.3) is 0 Å². The van der Waals surface area contributed by atoms with E-state index in [1.54, 1.807) is 0 Å². The van der Waals surface area contributed by atoms with Crippen molar-refractivity contribution in [1.82, 2.24) is 25.0 Å². The molecule has 2 saturated heterocycles. The molecule has 0 aliphatic carbocycles. The zero-order valence-electron chi connectivity index (χ0n) is 14.4. The Morgan fingerprint density at radius 1 is 0.840 bits per heavy atom. The molecule has 2 aromatic heterocycles. The predicted octanol–water partition coefficient (Wildman–Crippen LogP) is 0.619. The highest BCUT2D eigenvalue weighted by atomic mass is 16.5. The lowest BCUT2D eigenvalue weighted by molar-refractivity contribution is 0.0303. The maximum Gasteiger partial charge on any atom is 0.230 e. The van der Waals surface area contributed by atoms with Gasteiger partial charge in [-0.3, -0.25) is 9.80 Å². The van der Waals surface area contributed by atoms with Crippen molar-refractivity contribution < 1.29 is 9.15 Å². The molecule has 0 spiro atoms. The summed E-state index contributed by atoms with van der Waals surface area (Å²) < 4.78 is 11.2. The molecular weight excluding hydrogens is 320 g/mol. The van der Waals surface area contributed by atoms with E-state index >= 15 is 0 Å². The lowest BCUT2D eigenvalue weighted by atomic mass is 10.3. The number of nitrogens with zero attached hydrogens (tertiary/aromatic N) is 6. The third kappa shape index (κ3) is 4.33. The van der Waals surface area contributed by atoms with Crippen molar-refractivity contribution in [3.05, 3.63) is 36.2 Å². The number of ether oxygens (including phenoxy) is 1. The van der Waals surface area contributed by atoms with E-state index in [4.69, 9.17) is 9.15 Å². The number of hydrogen-bond donors (Lipinski definition) is 0. The van der Waals surface area contributed by atoms with Gasteiger partial charge in [-0.15, -0.1) is 10.2 Å². The van der Waals surface area contributed by atoms with Gasteiger partial charge in [0.15, 0.2) is 0 Å². The van der Waals surface area contributed by atoms with Crippen LogP contribution in [0.25, 0.3) is 0 Å². The second kappa shape index (κ2) is 7.90. The quantitative estimate of drug-likeness (QED) is 0.782. The summed E-state index contributed by atoms with van der Waals surface area (Å²) in [5, 5.41) is 8.40. The Bertz CT molecular complexity index is 650. The number of anilines is 1. The summed E-state index contributed by atoms with van der Waals surface area (Å²) in [6.07, 6.45) is 1.84. The van der Waals surface area contributed by atoms with Crippen molar-refractivity contribution in [1.29, 1.82) is 0 Å². The van der Waals surface area contributed by atoms with Gasteiger partial charge in [0, 0.05) is 45.5 Å². The van der Waals surface area contributed by atoms with Crippen LogP contribution in [-0.4, -0.2) is 77.5 Å². The Morgan fingerprint density at radius 2 is 1.52 bits per heavy atom. The van der Waals surface area contributed by atoms with E-state index in [-0.39, 0.29) is 0 Å². The Morgan fingerprint density at radius 3 is 2.16 bits per heavy atom. The van der Waals surface area contributed by atoms with E-state index in [0.717, 1.165) is 58.3 Å². The first-order valence-electron chi connectivity index (χ1n) is 8.86. The fourth-order valence-corrected chi connectivity index (χ4v) is 3.23. The van der Waals surface area contributed by atoms with Crippen LogP contribution >= 0.6 is 0 Å². The molecule has 0 saturated carbocycles. The van der Waals surface area contributed by atoms with Gasteiger partial charge in [-0.25, -0.2) is 4.98 Å². The summed E-state index contributed by atoms with van der Waals surface area (Å²) in [6, 6.07) is 6.04. The Hall–Kier alpha value is -2.03. The van der Waals surface area contributed by atoms with Gasteiger partial charge in [0.2, 0.25) is 11.8 Å². The summed E-state index contributed by atoms with van der Waals surface area (Å²) in [6.45, 7) is 8.70. The largest absolute Gasteiger partial charge is 0.422 e. The minimum atomic E-state index is 0.698. The molecule has 0 radical (unpaired) electrons. The average molecular weight is 344 g/mol. The lowest BCUT2D eigenvalue weighted by Crippen LogP contribution is -2.46. The number of aromatic nitrogens is 3. The van der Waals surface area contributed by atoms with Gasteiger partial charge in [-0.2, -0.15) is 0 Å². The third-order valence-corrected chi connectivity index (χ3v) is 4.68. The van der Waals surface area contributed by atoms with Crippen molar-refractivity contribution in [3.8, 4) is 0 Å². The highest BCUT2D eigenvalue weighted by molar-refractivity contribution is 5.38. The highest BCUT2D eigenvalue weighted by Crippen LogP contribution is 2.14. The monoisotopic (exact) mass is 344 g/mol. The zero-order chi connectivity index (χ0) is 16.9. The van der Waals surface area contributed by atoms with Crippen molar-refractivity contribution in [2.24, 2.45) is 0 Å². The minimum Gasteiger partial charge on any atom is -0.422 e. The maximum atomic E-state index is 5.83. The Kier molecular flexibility index (Phi) is 5.19. The molecule has 8 nitrogen and oxygen atoms in total. The number of rotatable bonds is 5. The SMILES string of the molecule is c1ccc(N2CCN(Cc3nnc(CN4CCOCC4)o3)CC2)nc1. The summed E-state index contributed by atoms with van der Waals surface area (Å²) in [5.41, 5.74) is 0. The van der Waals surface area contributed by atoms with E-state index in [1.807, 2.05) is 18.3 Å². The number of pyridine rings is 1. The van der Waals surface area contributed by atoms with Crippen LogP contribution in [0.1, 0.15) is 11.8 Å². The molecule has 2 fully saturated rings. The summed E-state index contributed by atoms with van der Waals surface area (Å²) >= 11 is 0. The van der Waals surface area contributed by atoms with Crippen molar-refractivity contribution in [2.75, 3.05) is 57.4 Å². The van der Waals surface area contributed by atoms with Crippen LogP contribution in [0.3, 0.4) is 0 Å². The van der Waals surface area contributed by atoms with Crippen LogP contribution in [0.15, 0.2) is 28.8 Å². The van der Waals surface area contributed by atoms with Crippen molar-refractivity contribution in [3.63, 3.8) is 0 Å². The lowest BCUT2D eigenvalue weighted by Gasteiger charge is -2.34. The third-order valence-electron chi connectivity index (χ3n) is 4.68. The summed E-state index contributed by atoms with van der Waals surface area (Å²) in [4.78, 5) is 11.4. The molecule has 4 heterocycles. The predicted molar refractivity (Wildman–Crippen MR) is 92.1 cm³/mol. The first-order chi connectivity index (χ1) is 12.4. The molecule has 0 unspecified atom stereocenters. The normalized spacial score (nSPS) is 20.1. The molecule has 0 atom stereocenters. The van der Waals surface area contributed by atoms with Crippen molar-refractivity contribution >= 4 is 5.82 Å². The van der Waals surface area contributed by atoms with E-state index in [2.05, 4.69) is 35.9 Å². The molecule has 2 aliphatic rings. The number of morpholine rings is 1. The van der Waals surface area contributed by atoms with Gasteiger partial charge in [0.05, 0.1) is 26.3 Å². The second-order valence-corrected chi connectivity index (χ2v) is 6.43. The minimum absolute atomic E-state index is 0.698. The Balaban J connectivity index is 1.26. The highest BCUT2D eigenvalue weighted by Gasteiger charge is 2.20. The van der Waals surface area contributed by atoms with Crippen LogP contribution in [0.2, 0.25) is 0 Å². The average Bonchev–Trinajstić information content (AvgIpc) is 3.11. The molecule has 134 valence electrons. The van der Waals surface area contributed by atoms with E-state index in [0.29, 0.717) is 24.9 Å². The second-order valence-electron chi connectivity index (χ2n) is 6.43. The van der Waals surface area contributed by atoms with Gasteiger partial charge < -0.3 is 14.1 Å². The molecule has 0 bridgehead atoms. The van der Waals surface area contributed by atoms with Crippen molar-refractivity contribution in [2.45, 2.75) is 13.1 Å². The summed E-state index contributed by atoms with van der Waals surface area (Å²) in [7, 11) is 0. The maximum absolute atomic E-state index is 5.83. The molecule has 4 rings (SSSR count). The topological polar surface area (TPSA) is 70.8 Å². The smallest absolute Gasteiger partial charge is 0.230 e. The molecular formula is C17H24N6O2. The zero-order valence-corrected chi connectivity index (χ0v) is 14.4. The molecule has 0 N–H and O–H groups in total. The fraction of sp³-hybridized carbons (Fsp3) is 0.588. The van der Waals surface area contributed by atoms with Gasteiger partial charge in [-0.05, 0) is 12.1 Å². The first kappa shape index (κ1) is 16.4. The van der Waals surface area contributed by atoms with Crippen LogP contribution < -0.4 is 4.90 Å². The Labute approximate surface area is 147 Å². The molecule has 8 heteroatoms. The fourth-order valence-electron chi connectivity index (χ4n) is 3.23. The first-order valence-corrected chi connectivity index (χ1v) is 8.86. The standard InChI is InChI=1S/C17H24N6O2/c1-2-4-18-15(3-1)23-7-5-21(6-8-23)13-16-19-20-17(25-16)14-22-9-11-24-12-10-22/h1-4H,5-14H2. The molecule has 25 heavy (non-hydrogen) atoms. The van der Waals surface area contributed by atoms with E-state index in [9.17, 15) is 0 Å². The van der Waals surface area contributed by atoms with Crippen LogP contribution in [0.4, 0.5) is 5.82 Å². The molecule has 0 amide bonds. The van der Waals surface area contributed by atoms with E-state index < -0.39 is 0 Å². The van der Waals surface area contributed by atoms with Gasteiger partial charge in [0.1, 0.15) is 5.82 Å².